The second-order valence-corrected chi connectivity index (χ2v) is 11.4. The maximum absolute atomic E-state index is 13.9. The van der Waals surface area contributed by atoms with Crippen LogP contribution in [0.4, 0.5) is 5.69 Å². The molecule has 0 unspecified atom stereocenters. The zero-order chi connectivity index (χ0) is 28.6. The number of anilines is 1. The average molecular weight is 593 g/mol. The van der Waals surface area contributed by atoms with Gasteiger partial charge in [0.2, 0.25) is 11.8 Å². The second-order valence-electron chi connectivity index (χ2n) is 8.76. The Hall–Kier alpha value is -3.27. The standard InChI is InChI=1S/C28H31Cl2N3O5S/c1-4-16-31-28(35)20(2)32(18-21-10-13-23(38-3)14-11-21)27(34)19-33(22-12-15-25(29)26(30)17-22)39(36,37)24-8-6-5-7-9-24/h5-15,17,20H,4,16,18-19H2,1-3H3,(H,31,35)/t20-/m0/s1. The fourth-order valence-corrected chi connectivity index (χ4v) is 5.51. The van der Waals surface area contributed by atoms with E-state index in [4.69, 9.17) is 27.9 Å². The summed E-state index contributed by atoms with van der Waals surface area (Å²) in [6.45, 7) is 3.49. The number of carbonyl (C=O) groups is 2. The quantitative estimate of drug-likeness (QED) is 0.314. The molecule has 0 fully saturated rings. The van der Waals surface area contributed by atoms with Gasteiger partial charge in [0, 0.05) is 13.1 Å². The van der Waals surface area contributed by atoms with Crippen LogP contribution in [0.3, 0.4) is 0 Å². The number of nitrogens with zero attached hydrogens (tertiary/aromatic N) is 2. The van der Waals surface area contributed by atoms with E-state index in [0.717, 1.165) is 16.3 Å². The molecule has 1 N–H and O–H groups in total. The Balaban J connectivity index is 2.02. The molecule has 3 aromatic rings. The maximum Gasteiger partial charge on any atom is 0.264 e. The monoisotopic (exact) mass is 591 g/mol. The third kappa shape index (κ3) is 7.65. The molecule has 0 aromatic heterocycles. The highest BCUT2D eigenvalue weighted by atomic mass is 35.5. The minimum absolute atomic E-state index is 0.000635. The number of nitrogens with one attached hydrogen (secondary N) is 1. The third-order valence-electron chi connectivity index (χ3n) is 6.03. The molecule has 0 saturated heterocycles. The minimum Gasteiger partial charge on any atom is -0.497 e. The summed E-state index contributed by atoms with van der Waals surface area (Å²) in [7, 11) is -2.64. The van der Waals surface area contributed by atoms with Crippen molar-refractivity contribution in [3.05, 3.63) is 88.4 Å². The molecule has 208 valence electrons. The highest BCUT2D eigenvalue weighted by molar-refractivity contribution is 7.92. The van der Waals surface area contributed by atoms with Crippen LogP contribution in [-0.4, -0.2) is 51.4 Å². The fourth-order valence-electron chi connectivity index (χ4n) is 3.79. The van der Waals surface area contributed by atoms with Crippen molar-refractivity contribution in [2.24, 2.45) is 0 Å². The van der Waals surface area contributed by atoms with Gasteiger partial charge in [-0.2, -0.15) is 0 Å². The highest BCUT2D eigenvalue weighted by Crippen LogP contribution is 2.31. The molecule has 0 aliphatic carbocycles. The zero-order valence-electron chi connectivity index (χ0n) is 21.9. The first kappa shape index (κ1) is 30.3. The highest BCUT2D eigenvalue weighted by Gasteiger charge is 2.32. The summed E-state index contributed by atoms with van der Waals surface area (Å²) >= 11 is 12.3. The Morgan fingerprint density at radius 3 is 2.23 bits per heavy atom. The van der Waals surface area contributed by atoms with Gasteiger partial charge in [0.05, 0.1) is 27.7 Å². The van der Waals surface area contributed by atoms with E-state index in [1.54, 1.807) is 56.5 Å². The van der Waals surface area contributed by atoms with Gasteiger partial charge in [0.15, 0.2) is 0 Å². The SMILES string of the molecule is CCCNC(=O)[C@H](C)N(Cc1ccc(OC)cc1)C(=O)CN(c1ccc(Cl)c(Cl)c1)S(=O)(=O)c1ccccc1. The van der Waals surface area contributed by atoms with Gasteiger partial charge in [-0.1, -0.05) is 60.5 Å². The number of hydrogen-bond donors (Lipinski definition) is 1. The van der Waals surface area contributed by atoms with Gasteiger partial charge in [-0.25, -0.2) is 8.42 Å². The van der Waals surface area contributed by atoms with E-state index in [9.17, 15) is 18.0 Å². The van der Waals surface area contributed by atoms with Crippen molar-refractivity contribution in [3.63, 3.8) is 0 Å². The van der Waals surface area contributed by atoms with Crippen LogP contribution in [0.5, 0.6) is 5.75 Å². The molecule has 0 heterocycles. The van der Waals surface area contributed by atoms with Gasteiger partial charge in [0.1, 0.15) is 18.3 Å². The minimum atomic E-state index is -4.19. The van der Waals surface area contributed by atoms with Gasteiger partial charge in [-0.05, 0) is 61.4 Å². The molecule has 0 aliphatic rings. The van der Waals surface area contributed by atoms with E-state index >= 15 is 0 Å². The van der Waals surface area contributed by atoms with Crippen LogP contribution in [0.1, 0.15) is 25.8 Å². The van der Waals surface area contributed by atoms with Crippen molar-refractivity contribution in [2.45, 2.75) is 37.8 Å². The topological polar surface area (TPSA) is 96.0 Å². The van der Waals surface area contributed by atoms with Crippen molar-refractivity contribution >= 4 is 50.7 Å². The van der Waals surface area contributed by atoms with Crippen LogP contribution in [-0.2, 0) is 26.2 Å². The Morgan fingerprint density at radius 2 is 1.64 bits per heavy atom. The molecule has 3 rings (SSSR count). The number of benzene rings is 3. The summed E-state index contributed by atoms with van der Waals surface area (Å²) in [5, 5.41) is 3.19. The predicted molar refractivity (Wildman–Crippen MR) is 154 cm³/mol. The number of halogens is 2. The number of carbonyl (C=O) groups excluding carboxylic acids is 2. The van der Waals surface area contributed by atoms with Gasteiger partial charge in [-0.3, -0.25) is 13.9 Å². The normalized spacial score (nSPS) is 11.9. The van der Waals surface area contributed by atoms with E-state index in [0.29, 0.717) is 12.3 Å². The summed E-state index contributed by atoms with van der Waals surface area (Å²) in [6.07, 6.45) is 0.727. The Labute approximate surface area is 239 Å². The maximum atomic E-state index is 13.9. The lowest BCUT2D eigenvalue weighted by Crippen LogP contribution is -2.51. The molecule has 3 aromatic carbocycles. The molecule has 1 atom stereocenters. The Bertz CT molecular complexity index is 1390. The number of amides is 2. The molecule has 0 spiro atoms. The van der Waals surface area contributed by atoms with Crippen LogP contribution in [0, 0.1) is 0 Å². The molecule has 8 nitrogen and oxygen atoms in total. The van der Waals surface area contributed by atoms with Crippen LogP contribution >= 0.6 is 23.2 Å². The summed E-state index contributed by atoms with van der Waals surface area (Å²) in [5.41, 5.74) is 0.903. The summed E-state index contributed by atoms with van der Waals surface area (Å²) in [6, 6.07) is 18.3. The molecular formula is C28H31Cl2N3O5S. The van der Waals surface area contributed by atoms with E-state index < -0.39 is 28.5 Å². The molecule has 2 amide bonds. The number of ether oxygens (including phenoxy) is 1. The second kappa shape index (κ2) is 13.7. The van der Waals surface area contributed by atoms with Crippen LogP contribution in [0.15, 0.2) is 77.7 Å². The van der Waals surface area contributed by atoms with Crippen molar-refractivity contribution in [1.82, 2.24) is 10.2 Å². The first-order valence-corrected chi connectivity index (χ1v) is 14.5. The third-order valence-corrected chi connectivity index (χ3v) is 8.56. The fraction of sp³-hybridized carbons (Fsp3) is 0.286. The van der Waals surface area contributed by atoms with E-state index in [1.165, 1.54) is 35.2 Å². The van der Waals surface area contributed by atoms with E-state index in [1.807, 2.05) is 6.92 Å². The zero-order valence-corrected chi connectivity index (χ0v) is 24.3. The van der Waals surface area contributed by atoms with Crippen LogP contribution in [0.25, 0.3) is 0 Å². The number of rotatable bonds is 12. The lowest BCUT2D eigenvalue weighted by molar-refractivity contribution is -0.139. The number of methoxy groups -OCH3 is 1. The Morgan fingerprint density at radius 1 is 0.974 bits per heavy atom. The molecule has 0 radical (unpaired) electrons. The van der Waals surface area contributed by atoms with Crippen LogP contribution in [0.2, 0.25) is 10.0 Å². The lowest BCUT2D eigenvalue weighted by Gasteiger charge is -2.32. The molecule has 0 saturated carbocycles. The predicted octanol–water partition coefficient (Wildman–Crippen LogP) is 5.14. The molecule has 11 heteroatoms. The van der Waals surface area contributed by atoms with Gasteiger partial charge in [-0.15, -0.1) is 0 Å². The van der Waals surface area contributed by atoms with Gasteiger partial charge < -0.3 is 15.0 Å². The summed E-state index contributed by atoms with van der Waals surface area (Å²) in [5.74, 6) is -0.272. The summed E-state index contributed by atoms with van der Waals surface area (Å²) < 4.78 is 33.7. The smallest absolute Gasteiger partial charge is 0.264 e. The van der Waals surface area contributed by atoms with Crippen LogP contribution < -0.4 is 14.4 Å². The molecule has 39 heavy (non-hydrogen) atoms. The summed E-state index contributed by atoms with van der Waals surface area (Å²) in [4.78, 5) is 28.1. The first-order valence-electron chi connectivity index (χ1n) is 12.3. The molecule has 0 bridgehead atoms. The molecular weight excluding hydrogens is 561 g/mol. The average Bonchev–Trinajstić information content (AvgIpc) is 2.95. The van der Waals surface area contributed by atoms with Crippen molar-refractivity contribution < 1.29 is 22.7 Å². The van der Waals surface area contributed by atoms with E-state index in [2.05, 4.69) is 5.32 Å². The number of hydrogen-bond acceptors (Lipinski definition) is 5. The molecule has 0 aliphatic heterocycles. The number of sulfonamides is 1. The van der Waals surface area contributed by atoms with Gasteiger partial charge in [0.25, 0.3) is 10.0 Å². The van der Waals surface area contributed by atoms with Crippen molar-refractivity contribution in [3.8, 4) is 5.75 Å². The lowest BCUT2D eigenvalue weighted by atomic mass is 10.1. The van der Waals surface area contributed by atoms with Crippen molar-refractivity contribution in [2.75, 3.05) is 24.5 Å². The van der Waals surface area contributed by atoms with Gasteiger partial charge >= 0.3 is 0 Å². The van der Waals surface area contributed by atoms with Crippen molar-refractivity contribution in [1.29, 1.82) is 0 Å². The largest absolute Gasteiger partial charge is 0.497 e. The Kier molecular flexibility index (Phi) is 10.6. The van der Waals surface area contributed by atoms with E-state index in [-0.39, 0.29) is 33.1 Å². The first-order chi connectivity index (χ1) is 18.6.